The van der Waals surface area contributed by atoms with Crippen molar-refractivity contribution in [2.75, 3.05) is 17.2 Å². The lowest BCUT2D eigenvalue weighted by atomic mass is 10.3. The molecule has 0 saturated heterocycles. The summed E-state index contributed by atoms with van der Waals surface area (Å²) in [6.45, 7) is -0.256. The van der Waals surface area contributed by atoms with Crippen LogP contribution in [0.2, 0.25) is 10.0 Å². The van der Waals surface area contributed by atoms with Crippen LogP contribution in [0.4, 0.5) is 20.6 Å². The van der Waals surface area contributed by atoms with Crippen LogP contribution in [-0.2, 0) is 4.79 Å². The van der Waals surface area contributed by atoms with E-state index in [1.807, 2.05) is 0 Å². The van der Waals surface area contributed by atoms with E-state index in [0.29, 0.717) is 16.4 Å². The highest BCUT2D eigenvalue weighted by atomic mass is 35.5. The lowest BCUT2D eigenvalue weighted by Gasteiger charge is -2.09. The topological polar surface area (TPSA) is 70.2 Å². The second kappa shape index (κ2) is 7.80. The molecule has 0 aliphatic rings. The second-order valence-electron chi connectivity index (χ2n) is 4.49. The molecule has 2 rings (SSSR count). The molecule has 2 aromatic carbocycles. The van der Waals surface area contributed by atoms with Gasteiger partial charge in [0, 0.05) is 10.7 Å². The molecule has 120 valence electrons. The molecule has 3 amide bonds. The Hall–Kier alpha value is -2.31. The number of carbonyl (C=O) groups excluding carboxylic acids is 2. The van der Waals surface area contributed by atoms with Crippen LogP contribution in [0.5, 0.6) is 0 Å². The van der Waals surface area contributed by atoms with Gasteiger partial charge in [0.25, 0.3) is 0 Å². The molecule has 0 saturated carbocycles. The lowest BCUT2D eigenvalue weighted by Crippen LogP contribution is -2.35. The van der Waals surface area contributed by atoms with Crippen molar-refractivity contribution in [3.63, 3.8) is 0 Å². The summed E-state index contributed by atoms with van der Waals surface area (Å²) in [6.07, 6.45) is 0. The Balaban J connectivity index is 1.81. The third-order valence-corrected chi connectivity index (χ3v) is 3.26. The Labute approximate surface area is 141 Å². The number of amides is 3. The van der Waals surface area contributed by atoms with E-state index in [0.717, 1.165) is 0 Å². The number of rotatable bonds is 4. The third-order valence-electron chi connectivity index (χ3n) is 2.72. The molecule has 2 aromatic rings. The first kappa shape index (κ1) is 17.1. The van der Waals surface area contributed by atoms with Gasteiger partial charge in [0.05, 0.1) is 17.3 Å². The molecule has 0 fully saturated rings. The van der Waals surface area contributed by atoms with Crippen LogP contribution in [0.1, 0.15) is 0 Å². The first-order valence-corrected chi connectivity index (χ1v) is 7.25. The zero-order valence-corrected chi connectivity index (χ0v) is 13.2. The molecular weight excluding hydrogens is 344 g/mol. The number of urea groups is 1. The number of nitrogens with one attached hydrogen (secondary N) is 3. The predicted octanol–water partition coefficient (Wildman–Crippen LogP) is 3.89. The Morgan fingerprint density at radius 1 is 1.00 bits per heavy atom. The summed E-state index contributed by atoms with van der Waals surface area (Å²) >= 11 is 11.7. The highest BCUT2D eigenvalue weighted by Gasteiger charge is 2.08. The quantitative estimate of drug-likeness (QED) is 0.778. The summed E-state index contributed by atoms with van der Waals surface area (Å²) in [5, 5.41) is 8.11. The van der Waals surface area contributed by atoms with Crippen LogP contribution in [0, 0.1) is 5.82 Å². The van der Waals surface area contributed by atoms with Crippen molar-refractivity contribution in [1.82, 2.24) is 5.32 Å². The fraction of sp³-hybridized carbons (Fsp3) is 0.0667. The van der Waals surface area contributed by atoms with Crippen LogP contribution < -0.4 is 16.0 Å². The summed E-state index contributed by atoms with van der Waals surface area (Å²) in [5.74, 6) is -0.852. The van der Waals surface area contributed by atoms with Gasteiger partial charge in [-0.2, -0.15) is 0 Å². The van der Waals surface area contributed by atoms with Crippen molar-refractivity contribution in [3.8, 4) is 0 Å². The predicted molar refractivity (Wildman–Crippen MR) is 88.5 cm³/mol. The SMILES string of the molecule is O=C(CNC(=O)Nc1ccc(Cl)cc1Cl)Nc1ccc(F)cc1. The van der Waals surface area contributed by atoms with Crippen molar-refractivity contribution in [1.29, 1.82) is 0 Å². The van der Waals surface area contributed by atoms with Gasteiger partial charge in [-0.15, -0.1) is 0 Å². The Bertz CT molecular complexity index is 723. The maximum absolute atomic E-state index is 12.7. The largest absolute Gasteiger partial charge is 0.329 e. The molecule has 0 unspecified atom stereocenters. The molecule has 23 heavy (non-hydrogen) atoms. The van der Waals surface area contributed by atoms with Crippen LogP contribution in [0.3, 0.4) is 0 Å². The molecule has 8 heteroatoms. The number of hydrogen-bond donors (Lipinski definition) is 3. The van der Waals surface area contributed by atoms with Crippen molar-refractivity contribution < 1.29 is 14.0 Å². The average Bonchev–Trinajstić information content (AvgIpc) is 2.50. The highest BCUT2D eigenvalue weighted by Crippen LogP contribution is 2.25. The van der Waals surface area contributed by atoms with E-state index >= 15 is 0 Å². The monoisotopic (exact) mass is 355 g/mol. The van der Waals surface area contributed by atoms with Gasteiger partial charge in [-0.3, -0.25) is 4.79 Å². The van der Waals surface area contributed by atoms with E-state index in [2.05, 4.69) is 16.0 Å². The number of benzene rings is 2. The fourth-order valence-corrected chi connectivity index (χ4v) is 2.11. The van der Waals surface area contributed by atoms with Crippen molar-refractivity contribution >= 4 is 46.5 Å². The summed E-state index contributed by atoms with van der Waals surface area (Å²) < 4.78 is 12.7. The van der Waals surface area contributed by atoms with Gasteiger partial charge in [-0.1, -0.05) is 23.2 Å². The Morgan fingerprint density at radius 2 is 1.70 bits per heavy atom. The van der Waals surface area contributed by atoms with Gasteiger partial charge in [0.15, 0.2) is 0 Å². The van der Waals surface area contributed by atoms with E-state index in [-0.39, 0.29) is 11.6 Å². The maximum atomic E-state index is 12.7. The van der Waals surface area contributed by atoms with Gasteiger partial charge in [-0.05, 0) is 42.5 Å². The van der Waals surface area contributed by atoms with Gasteiger partial charge >= 0.3 is 6.03 Å². The number of hydrogen-bond acceptors (Lipinski definition) is 2. The third kappa shape index (κ3) is 5.43. The van der Waals surface area contributed by atoms with E-state index < -0.39 is 17.8 Å². The molecular formula is C15H12Cl2FN3O2. The smallest absolute Gasteiger partial charge is 0.319 e. The van der Waals surface area contributed by atoms with Crippen molar-refractivity contribution in [3.05, 3.63) is 58.3 Å². The van der Waals surface area contributed by atoms with Gasteiger partial charge in [0.2, 0.25) is 5.91 Å². The van der Waals surface area contributed by atoms with E-state index in [4.69, 9.17) is 23.2 Å². The summed E-state index contributed by atoms with van der Waals surface area (Å²) in [5.41, 5.74) is 0.798. The molecule has 0 aromatic heterocycles. The first-order chi connectivity index (χ1) is 10.9. The molecule has 0 heterocycles. The van der Waals surface area contributed by atoms with E-state index in [1.165, 1.54) is 30.3 Å². The Morgan fingerprint density at radius 3 is 2.35 bits per heavy atom. The van der Waals surface area contributed by atoms with Crippen LogP contribution in [-0.4, -0.2) is 18.5 Å². The van der Waals surface area contributed by atoms with Crippen LogP contribution >= 0.6 is 23.2 Å². The zero-order chi connectivity index (χ0) is 16.8. The summed E-state index contributed by atoms with van der Waals surface area (Å²) in [7, 11) is 0. The molecule has 0 aliphatic carbocycles. The van der Waals surface area contributed by atoms with Crippen LogP contribution in [0.25, 0.3) is 0 Å². The molecule has 3 N–H and O–H groups in total. The molecule has 0 spiro atoms. The van der Waals surface area contributed by atoms with E-state index in [9.17, 15) is 14.0 Å². The summed E-state index contributed by atoms with van der Waals surface area (Å²) in [6, 6.07) is 9.29. The van der Waals surface area contributed by atoms with Crippen molar-refractivity contribution in [2.24, 2.45) is 0 Å². The second-order valence-corrected chi connectivity index (χ2v) is 5.33. The van der Waals surface area contributed by atoms with Crippen LogP contribution in [0.15, 0.2) is 42.5 Å². The number of halogens is 3. The van der Waals surface area contributed by atoms with Gasteiger partial charge in [0.1, 0.15) is 5.82 Å². The normalized spacial score (nSPS) is 10.0. The first-order valence-electron chi connectivity index (χ1n) is 6.49. The minimum absolute atomic E-state index is 0.256. The molecule has 5 nitrogen and oxygen atoms in total. The molecule has 0 atom stereocenters. The lowest BCUT2D eigenvalue weighted by molar-refractivity contribution is -0.115. The highest BCUT2D eigenvalue weighted by molar-refractivity contribution is 6.36. The Kier molecular flexibility index (Phi) is 5.78. The standard InChI is InChI=1S/C15H12Cl2FN3O2/c16-9-1-6-13(12(17)7-9)21-15(23)19-8-14(22)20-11-4-2-10(18)3-5-11/h1-7H,8H2,(H,20,22)(H2,19,21,23). The number of carbonyl (C=O) groups is 2. The maximum Gasteiger partial charge on any atom is 0.319 e. The fourth-order valence-electron chi connectivity index (χ4n) is 1.66. The molecule has 0 bridgehead atoms. The van der Waals surface area contributed by atoms with E-state index in [1.54, 1.807) is 12.1 Å². The molecule has 0 aliphatic heterocycles. The molecule has 0 radical (unpaired) electrons. The minimum Gasteiger partial charge on any atom is -0.329 e. The van der Waals surface area contributed by atoms with Crippen molar-refractivity contribution in [2.45, 2.75) is 0 Å². The minimum atomic E-state index is -0.594. The summed E-state index contributed by atoms with van der Waals surface area (Å²) in [4.78, 5) is 23.4. The van der Waals surface area contributed by atoms with Gasteiger partial charge < -0.3 is 16.0 Å². The zero-order valence-electron chi connectivity index (χ0n) is 11.7. The average molecular weight is 356 g/mol. The van der Waals surface area contributed by atoms with Gasteiger partial charge in [-0.25, -0.2) is 9.18 Å². The number of anilines is 2.